The van der Waals surface area contributed by atoms with Gasteiger partial charge >= 0.3 is 12.2 Å². The number of hydrogen-bond acceptors (Lipinski definition) is 3. The van der Waals surface area contributed by atoms with E-state index in [0.717, 1.165) is 30.2 Å². The summed E-state index contributed by atoms with van der Waals surface area (Å²) in [5.74, 6) is 0.807. The van der Waals surface area contributed by atoms with E-state index in [1.165, 1.54) is 25.7 Å². The van der Waals surface area contributed by atoms with Gasteiger partial charge in [0, 0.05) is 6.54 Å². The number of carbonyl (C=O) groups is 2. The quantitative estimate of drug-likeness (QED) is 0.598. The topological polar surface area (TPSA) is 78.9 Å². The third-order valence-electron chi connectivity index (χ3n) is 3.57. The predicted octanol–water partition coefficient (Wildman–Crippen LogP) is 3.77. The van der Waals surface area contributed by atoms with Gasteiger partial charge in [-0.25, -0.2) is 20.0 Å². The van der Waals surface area contributed by atoms with Crippen LogP contribution in [0.2, 0.25) is 0 Å². The first-order chi connectivity index (χ1) is 9.78. The highest BCUT2D eigenvalue weighted by Crippen LogP contribution is 2.28. The van der Waals surface area contributed by atoms with Gasteiger partial charge in [0.1, 0.15) is 5.60 Å². The molecule has 0 radical (unpaired) electrons. The fraction of sp³-hybridized carbons (Fsp3) is 0.867. The van der Waals surface area contributed by atoms with Crippen molar-refractivity contribution in [2.75, 3.05) is 6.54 Å². The number of rotatable bonds is 5. The van der Waals surface area contributed by atoms with Gasteiger partial charge in [0.05, 0.1) is 0 Å². The highest BCUT2D eigenvalue weighted by Gasteiger charge is 2.21. The van der Waals surface area contributed by atoms with E-state index in [2.05, 4.69) is 5.43 Å². The van der Waals surface area contributed by atoms with E-state index in [4.69, 9.17) is 9.84 Å². The summed E-state index contributed by atoms with van der Waals surface area (Å²) >= 11 is 0. The van der Waals surface area contributed by atoms with Crippen molar-refractivity contribution in [1.82, 2.24) is 10.4 Å². The number of hydrogen-bond donors (Lipinski definition) is 2. The van der Waals surface area contributed by atoms with Crippen molar-refractivity contribution in [2.45, 2.75) is 71.3 Å². The van der Waals surface area contributed by atoms with Crippen LogP contribution in [0.5, 0.6) is 0 Å². The first-order valence-electron chi connectivity index (χ1n) is 7.78. The Kier molecular flexibility index (Phi) is 6.78. The molecule has 1 saturated carbocycles. The smallest absolute Gasteiger partial charge is 0.426 e. The van der Waals surface area contributed by atoms with Crippen LogP contribution in [0.15, 0.2) is 0 Å². The fourth-order valence-electron chi connectivity index (χ4n) is 2.61. The van der Waals surface area contributed by atoms with E-state index in [-0.39, 0.29) is 0 Å². The Morgan fingerprint density at radius 2 is 1.86 bits per heavy atom. The minimum atomic E-state index is -1.17. The first-order valence-corrected chi connectivity index (χ1v) is 7.78. The zero-order valence-electron chi connectivity index (χ0n) is 13.4. The van der Waals surface area contributed by atoms with E-state index in [0.29, 0.717) is 6.54 Å². The number of amides is 2. The Balaban J connectivity index is 2.25. The molecule has 0 aromatic rings. The van der Waals surface area contributed by atoms with Crippen molar-refractivity contribution in [1.29, 1.82) is 0 Å². The molecule has 1 aliphatic carbocycles. The molecule has 1 aliphatic rings. The molecule has 0 aliphatic heterocycles. The fourth-order valence-corrected chi connectivity index (χ4v) is 2.61. The molecule has 0 saturated heterocycles. The molecule has 6 nitrogen and oxygen atoms in total. The molecule has 0 spiro atoms. The highest BCUT2D eigenvalue weighted by molar-refractivity contribution is 5.72. The average Bonchev–Trinajstić information content (AvgIpc) is 2.83. The van der Waals surface area contributed by atoms with Crippen molar-refractivity contribution in [2.24, 2.45) is 5.92 Å². The second-order valence-electron chi connectivity index (χ2n) is 6.69. The maximum Gasteiger partial charge on any atom is 0.426 e. The minimum Gasteiger partial charge on any atom is -0.464 e. The molecule has 0 heterocycles. The van der Waals surface area contributed by atoms with Gasteiger partial charge in [0.2, 0.25) is 0 Å². The van der Waals surface area contributed by atoms with Gasteiger partial charge < -0.3 is 9.84 Å². The zero-order chi connectivity index (χ0) is 15.9. The molecule has 0 atom stereocenters. The minimum absolute atomic E-state index is 0.293. The van der Waals surface area contributed by atoms with Crippen LogP contribution >= 0.6 is 0 Å². The van der Waals surface area contributed by atoms with Crippen LogP contribution in [0.3, 0.4) is 0 Å². The Morgan fingerprint density at radius 1 is 1.24 bits per heavy atom. The molecular weight excluding hydrogens is 272 g/mol. The SMILES string of the molecule is CC(C)(C)OC(=O)NN(CCCCC1CCCC1)C(=O)O. The molecule has 0 aromatic heterocycles. The Hall–Kier alpha value is -1.46. The molecule has 0 unspecified atom stereocenters. The van der Waals surface area contributed by atoms with Gasteiger partial charge in [-0.1, -0.05) is 38.5 Å². The summed E-state index contributed by atoms with van der Waals surface area (Å²) < 4.78 is 5.05. The molecule has 1 fully saturated rings. The molecule has 21 heavy (non-hydrogen) atoms. The lowest BCUT2D eigenvalue weighted by Crippen LogP contribution is -2.47. The van der Waals surface area contributed by atoms with E-state index < -0.39 is 17.8 Å². The van der Waals surface area contributed by atoms with Gasteiger partial charge in [0.25, 0.3) is 0 Å². The van der Waals surface area contributed by atoms with Gasteiger partial charge in [-0.05, 0) is 33.1 Å². The maximum atomic E-state index is 11.6. The molecular formula is C15H28N2O4. The van der Waals surface area contributed by atoms with Crippen LogP contribution in [0.4, 0.5) is 9.59 Å². The van der Waals surface area contributed by atoms with Crippen molar-refractivity contribution < 1.29 is 19.4 Å². The molecule has 0 bridgehead atoms. The summed E-state index contributed by atoms with van der Waals surface area (Å²) in [7, 11) is 0. The highest BCUT2D eigenvalue weighted by atomic mass is 16.6. The molecule has 122 valence electrons. The molecule has 0 aromatic carbocycles. The van der Waals surface area contributed by atoms with Crippen LogP contribution in [0.1, 0.15) is 65.7 Å². The lowest BCUT2D eigenvalue weighted by Gasteiger charge is -2.24. The molecule has 6 heteroatoms. The maximum absolute atomic E-state index is 11.6. The third kappa shape index (κ3) is 7.78. The molecule has 2 amide bonds. The van der Waals surface area contributed by atoms with Crippen LogP contribution in [-0.4, -0.2) is 34.4 Å². The number of unbranched alkanes of at least 4 members (excludes halogenated alkanes) is 1. The van der Waals surface area contributed by atoms with Crippen molar-refractivity contribution in [3.8, 4) is 0 Å². The van der Waals surface area contributed by atoms with E-state index in [1.807, 2.05) is 0 Å². The number of nitrogens with one attached hydrogen (secondary N) is 1. The zero-order valence-corrected chi connectivity index (χ0v) is 13.4. The number of hydrazine groups is 1. The third-order valence-corrected chi connectivity index (χ3v) is 3.57. The predicted molar refractivity (Wildman–Crippen MR) is 79.9 cm³/mol. The van der Waals surface area contributed by atoms with E-state index in [9.17, 15) is 9.59 Å². The Morgan fingerprint density at radius 3 is 2.38 bits per heavy atom. The number of nitrogens with zero attached hydrogens (tertiary/aromatic N) is 1. The summed E-state index contributed by atoms with van der Waals surface area (Å²) in [4.78, 5) is 22.7. The van der Waals surface area contributed by atoms with Gasteiger partial charge in [-0.3, -0.25) is 0 Å². The summed E-state index contributed by atoms with van der Waals surface area (Å²) in [6.45, 7) is 5.50. The average molecular weight is 300 g/mol. The standard InChI is InChI=1S/C15H28N2O4/c1-15(2,3)21-13(18)16-17(14(19)20)11-7-6-10-12-8-4-5-9-12/h12H,4-11H2,1-3H3,(H,16,18)(H,19,20). The van der Waals surface area contributed by atoms with Gasteiger partial charge in [-0.15, -0.1) is 0 Å². The summed E-state index contributed by atoms with van der Waals surface area (Å²) in [5, 5.41) is 9.99. The Labute approximate surface area is 126 Å². The van der Waals surface area contributed by atoms with Crippen LogP contribution in [0.25, 0.3) is 0 Å². The number of carboxylic acid groups (broad SMARTS) is 1. The van der Waals surface area contributed by atoms with Gasteiger partial charge in [-0.2, -0.15) is 0 Å². The van der Waals surface area contributed by atoms with Crippen molar-refractivity contribution in [3.05, 3.63) is 0 Å². The van der Waals surface area contributed by atoms with E-state index in [1.54, 1.807) is 20.8 Å². The number of carbonyl (C=O) groups excluding carboxylic acids is 1. The van der Waals surface area contributed by atoms with E-state index >= 15 is 0 Å². The number of ether oxygens (including phenoxy) is 1. The van der Waals surface area contributed by atoms with Crippen LogP contribution in [0, 0.1) is 5.92 Å². The Bertz CT molecular complexity index is 346. The van der Waals surface area contributed by atoms with Gasteiger partial charge in [0.15, 0.2) is 0 Å². The second-order valence-corrected chi connectivity index (χ2v) is 6.69. The lowest BCUT2D eigenvalue weighted by molar-refractivity contribution is 0.0328. The van der Waals surface area contributed by atoms with Crippen molar-refractivity contribution in [3.63, 3.8) is 0 Å². The lowest BCUT2D eigenvalue weighted by atomic mass is 10.0. The first kappa shape index (κ1) is 17.6. The second kappa shape index (κ2) is 8.10. The molecule has 1 rings (SSSR count). The summed E-state index contributed by atoms with van der Waals surface area (Å²) in [6.07, 6.45) is 6.25. The normalized spacial score (nSPS) is 15.8. The summed E-state index contributed by atoms with van der Waals surface area (Å²) in [5.41, 5.74) is 1.63. The molecule has 2 N–H and O–H groups in total. The van der Waals surface area contributed by atoms with Crippen LogP contribution in [-0.2, 0) is 4.74 Å². The summed E-state index contributed by atoms with van der Waals surface area (Å²) in [6, 6.07) is 0. The van der Waals surface area contributed by atoms with Crippen molar-refractivity contribution >= 4 is 12.2 Å². The van der Waals surface area contributed by atoms with Crippen LogP contribution < -0.4 is 5.43 Å². The monoisotopic (exact) mass is 300 g/mol. The largest absolute Gasteiger partial charge is 0.464 e.